The number of methoxy groups -OCH3 is 1. The monoisotopic (exact) mass is 280 g/mol. The van der Waals surface area contributed by atoms with Gasteiger partial charge in [-0.3, -0.25) is 0 Å². The molecular formula is C13H13FN2O2S. The van der Waals surface area contributed by atoms with Crippen LogP contribution in [-0.4, -0.2) is 18.1 Å². The average Bonchev–Trinajstić information content (AvgIpc) is 2.94. The van der Waals surface area contributed by atoms with E-state index in [1.807, 2.05) is 12.3 Å². The van der Waals surface area contributed by atoms with Crippen molar-refractivity contribution in [3.05, 3.63) is 46.2 Å². The highest BCUT2D eigenvalue weighted by Gasteiger charge is 2.13. The Bertz CT molecular complexity index is 572. The molecule has 1 unspecified atom stereocenters. The molecule has 1 heterocycles. The smallest absolute Gasteiger partial charge is 0.337 e. The first-order valence-corrected chi connectivity index (χ1v) is 6.58. The molecule has 100 valence electrons. The number of hydrogen-bond acceptors (Lipinski definition) is 5. The minimum absolute atomic E-state index is 0.145. The van der Waals surface area contributed by atoms with Crippen LogP contribution in [0.2, 0.25) is 0 Å². The number of aromatic nitrogens is 1. The van der Waals surface area contributed by atoms with Crippen LogP contribution in [0.1, 0.15) is 29.0 Å². The molecule has 19 heavy (non-hydrogen) atoms. The predicted molar refractivity (Wildman–Crippen MR) is 71.9 cm³/mol. The zero-order chi connectivity index (χ0) is 13.8. The van der Waals surface area contributed by atoms with E-state index >= 15 is 0 Å². The van der Waals surface area contributed by atoms with Gasteiger partial charge in [-0.15, -0.1) is 11.3 Å². The van der Waals surface area contributed by atoms with E-state index in [1.165, 1.54) is 36.6 Å². The van der Waals surface area contributed by atoms with E-state index in [1.54, 1.807) is 5.51 Å². The van der Waals surface area contributed by atoms with Crippen molar-refractivity contribution in [3.63, 3.8) is 0 Å². The fourth-order valence-corrected chi connectivity index (χ4v) is 2.27. The molecule has 0 bridgehead atoms. The minimum atomic E-state index is -0.496. The van der Waals surface area contributed by atoms with Gasteiger partial charge in [-0.2, -0.15) is 0 Å². The second-order valence-corrected chi connectivity index (χ2v) is 4.68. The molecule has 0 saturated carbocycles. The van der Waals surface area contributed by atoms with Crippen LogP contribution >= 0.6 is 11.3 Å². The normalized spacial score (nSPS) is 11.9. The lowest BCUT2D eigenvalue weighted by atomic mass is 10.1. The number of benzene rings is 1. The van der Waals surface area contributed by atoms with Crippen LogP contribution in [0.4, 0.5) is 10.1 Å². The number of nitrogens with one attached hydrogen (secondary N) is 1. The molecule has 0 aliphatic heterocycles. The van der Waals surface area contributed by atoms with E-state index in [9.17, 15) is 9.18 Å². The van der Waals surface area contributed by atoms with Gasteiger partial charge >= 0.3 is 5.97 Å². The van der Waals surface area contributed by atoms with Gasteiger partial charge in [0.1, 0.15) is 5.82 Å². The largest absolute Gasteiger partial charge is 0.465 e. The Labute approximate surface area is 114 Å². The number of rotatable bonds is 4. The maximum absolute atomic E-state index is 13.7. The van der Waals surface area contributed by atoms with Crippen molar-refractivity contribution in [1.29, 1.82) is 0 Å². The van der Waals surface area contributed by atoms with Gasteiger partial charge in [0.15, 0.2) is 0 Å². The van der Waals surface area contributed by atoms with Gasteiger partial charge in [-0.25, -0.2) is 14.2 Å². The molecule has 0 fully saturated rings. The first kappa shape index (κ1) is 13.5. The molecule has 0 spiro atoms. The van der Waals surface area contributed by atoms with Gasteiger partial charge in [0.25, 0.3) is 0 Å². The summed E-state index contributed by atoms with van der Waals surface area (Å²) in [7, 11) is 1.29. The number of esters is 1. The Hall–Kier alpha value is -1.95. The third kappa shape index (κ3) is 3.08. The maximum Gasteiger partial charge on any atom is 0.337 e. The second-order valence-electron chi connectivity index (χ2n) is 3.97. The standard InChI is InChI=1S/C13H13FN2O2S/c1-8(12-6-19-7-15-12)16-11-5-9(13(17)18-2)3-4-10(11)14/h3-8,16H,1-2H3. The van der Waals surface area contributed by atoms with Crippen molar-refractivity contribution in [2.45, 2.75) is 13.0 Å². The summed E-state index contributed by atoms with van der Waals surface area (Å²) in [5.41, 5.74) is 3.10. The molecule has 1 aromatic carbocycles. The molecule has 0 saturated heterocycles. The van der Waals surface area contributed by atoms with Crippen molar-refractivity contribution in [2.75, 3.05) is 12.4 Å². The summed E-state index contributed by atoms with van der Waals surface area (Å²) in [5.74, 6) is -0.918. The molecule has 1 aromatic heterocycles. The van der Waals surface area contributed by atoms with Crippen molar-refractivity contribution in [1.82, 2.24) is 4.98 Å². The highest BCUT2D eigenvalue weighted by molar-refractivity contribution is 7.07. The van der Waals surface area contributed by atoms with Crippen LogP contribution in [0.3, 0.4) is 0 Å². The molecule has 1 N–H and O–H groups in total. The van der Waals surface area contributed by atoms with Gasteiger partial charge < -0.3 is 10.1 Å². The fourth-order valence-electron chi connectivity index (χ4n) is 1.62. The molecule has 0 radical (unpaired) electrons. The lowest BCUT2D eigenvalue weighted by Gasteiger charge is -2.14. The highest BCUT2D eigenvalue weighted by atomic mass is 32.1. The molecule has 0 amide bonds. The molecular weight excluding hydrogens is 267 g/mol. The number of carbonyl (C=O) groups is 1. The summed E-state index contributed by atoms with van der Waals surface area (Å²) in [6.07, 6.45) is 0. The Kier molecular flexibility index (Phi) is 4.11. The molecule has 0 aliphatic carbocycles. The topological polar surface area (TPSA) is 51.2 Å². The van der Waals surface area contributed by atoms with Crippen molar-refractivity contribution < 1.29 is 13.9 Å². The number of halogens is 1. The summed E-state index contributed by atoms with van der Waals surface area (Å²) in [6.45, 7) is 1.87. The van der Waals surface area contributed by atoms with E-state index in [0.29, 0.717) is 5.56 Å². The summed E-state index contributed by atoms with van der Waals surface area (Å²) in [5, 5.41) is 4.88. The number of hydrogen-bond donors (Lipinski definition) is 1. The third-order valence-electron chi connectivity index (χ3n) is 2.65. The van der Waals surface area contributed by atoms with Crippen molar-refractivity contribution in [2.24, 2.45) is 0 Å². The Morgan fingerprint density at radius 2 is 2.32 bits per heavy atom. The van der Waals surface area contributed by atoms with Gasteiger partial charge in [-0.05, 0) is 25.1 Å². The molecule has 0 aliphatic rings. The first-order valence-electron chi connectivity index (χ1n) is 5.64. The molecule has 2 rings (SSSR count). The van der Waals surface area contributed by atoms with Crippen LogP contribution in [0.15, 0.2) is 29.1 Å². The molecule has 2 aromatic rings. The van der Waals surface area contributed by atoms with E-state index in [0.717, 1.165) is 5.69 Å². The summed E-state index contributed by atoms with van der Waals surface area (Å²) < 4.78 is 18.3. The van der Waals surface area contributed by atoms with Gasteiger partial charge in [0.05, 0.1) is 35.6 Å². The lowest BCUT2D eigenvalue weighted by Crippen LogP contribution is -2.10. The second kappa shape index (κ2) is 5.79. The van der Waals surface area contributed by atoms with E-state index < -0.39 is 11.8 Å². The van der Waals surface area contributed by atoms with Crippen molar-refractivity contribution >= 4 is 23.0 Å². The van der Waals surface area contributed by atoms with Gasteiger partial charge in [-0.1, -0.05) is 0 Å². The summed E-state index contributed by atoms with van der Waals surface area (Å²) in [6, 6.07) is 3.92. The number of ether oxygens (including phenoxy) is 1. The third-order valence-corrected chi connectivity index (χ3v) is 3.26. The first-order chi connectivity index (χ1) is 9.11. The van der Waals surface area contributed by atoms with Crippen LogP contribution in [0, 0.1) is 5.82 Å². The van der Waals surface area contributed by atoms with Crippen LogP contribution < -0.4 is 5.32 Å². The average molecular weight is 280 g/mol. The summed E-state index contributed by atoms with van der Waals surface area (Å²) >= 11 is 1.48. The molecule has 4 nitrogen and oxygen atoms in total. The van der Waals surface area contributed by atoms with Crippen LogP contribution in [-0.2, 0) is 4.74 Å². The zero-order valence-electron chi connectivity index (χ0n) is 10.5. The zero-order valence-corrected chi connectivity index (χ0v) is 11.3. The maximum atomic E-state index is 13.7. The fraction of sp³-hybridized carbons (Fsp3) is 0.231. The predicted octanol–water partition coefficient (Wildman–Crippen LogP) is 3.24. The minimum Gasteiger partial charge on any atom is -0.465 e. The van der Waals surface area contributed by atoms with Gasteiger partial charge in [0, 0.05) is 5.38 Å². The van der Waals surface area contributed by atoms with E-state index in [-0.39, 0.29) is 11.7 Å². The summed E-state index contributed by atoms with van der Waals surface area (Å²) in [4.78, 5) is 15.6. The quantitative estimate of drug-likeness (QED) is 0.873. The Morgan fingerprint density at radius 3 is 2.95 bits per heavy atom. The SMILES string of the molecule is COC(=O)c1ccc(F)c(NC(C)c2cscn2)c1. The van der Waals surface area contributed by atoms with Crippen LogP contribution in [0.5, 0.6) is 0 Å². The number of carbonyl (C=O) groups excluding carboxylic acids is 1. The number of nitrogens with zero attached hydrogens (tertiary/aromatic N) is 1. The van der Waals surface area contributed by atoms with E-state index in [2.05, 4.69) is 15.0 Å². The van der Waals surface area contributed by atoms with Gasteiger partial charge in [0.2, 0.25) is 0 Å². The molecule has 1 atom stereocenters. The highest BCUT2D eigenvalue weighted by Crippen LogP contribution is 2.23. The van der Waals surface area contributed by atoms with E-state index in [4.69, 9.17) is 0 Å². The molecule has 6 heteroatoms. The number of anilines is 1. The van der Waals surface area contributed by atoms with Crippen molar-refractivity contribution in [3.8, 4) is 0 Å². The van der Waals surface area contributed by atoms with Crippen LogP contribution in [0.25, 0.3) is 0 Å². The Morgan fingerprint density at radius 1 is 1.53 bits per heavy atom. The lowest BCUT2D eigenvalue weighted by molar-refractivity contribution is 0.0600. The number of thiazole rings is 1. The Balaban J connectivity index is 2.22.